The van der Waals surface area contributed by atoms with Crippen molar-refractivity contribution in [3.63, 3.8) is 0 Å². The molecule has 0 aromatic heterocycles. The fraction of sp³-hybridized carbons (Fsp3) is 0.0571. The lowest BCUT2D eigenvalue weighted by atomic mass is 9.86. The van der Waals surface area contributed by atoms with Gasteiger partial charge in [0.1, 0.15) is 0 Å². The van der Waals surface area contributed by atoms with Crippen molar-refractivity contribution < 1.29 is 0 Å². The molecule has 0 radical (unpaired) electrons. The first-order valence-electron chi connectivity index (χ1n) is 12.4. The summed E-state index contributed by atoms with van der Waals surface area (Å²) in [6.45, 7) is 2.10. The molecule has 1 nitrogen and oxygen atoms in total. The lowest BCUT2D eigenvalue weighted by molar-refractivity contribution is 1.38. The molecule has 6 aromatic carbocycles. The summed E-state index contributed by atoms with van der Waals surface area (Å²) in [4.78, 5) is 4.64. The van der Waals surface area contributed by atoms with Crippen LogP contribution in [-0.2, 0) is 6.42 Å². The molecule has 0 fully saturated rings. The van der Waals surface area contributed by atoms with Gasteiger partial charge in [-0.1, -0.05) is 97.1 Å². The Morgan fingerprint density at radius 2 is 1.28 bits per heavy atom. The molecular weight excluding hydrogens is 434 g/mol. The average molecular weight is 458 g/mol. The lowest BCUT2D eigenvalue weighted by Gasteiger charge is -2.16. The number of benzene rings is 5. The number of fused-ring (bicyclic) bond motifs is 3. The van der Waals surface area contributed by atoms with E-state index in [2.05, 4.69) is 127 Å². The van der Waals surface area contributed by atoms with Crippen LogP contribution < -0.4 is 0 Å². The van der Waals surface area contributed by atoms with Crippen LogP contribution in [-0.4, -0.2) is 5.71 Å². The number of hydrogen-bond donors (Lipinski definition) is 0. The summed E-state index contributed by atoms with van der Waals surface area (Å²) in [7, 11) is 0. The highest BCUT2D eigenvalue weighted by atomic mass is 14.8. The number of rotatable bonds is 3. The molecule has 1 heteroatoms. The van der Waals surface area contributed by atoms with Gasteiger partial charge in [0.15, 0.2) is 0 Å². The molecule has 0 N–H and O–H groups in total. The van der Waals surface area contributed by atoms with E-state index in [1.165, 1.54) is 60.8 Å². The molecule has 0 bridgehead atoms. The molecule has 0 aliphatic carbocycles. The van der Waals surface area contributed by atoms with Crippen LogP contribution in [0.4, 0.5) is 5.69 Å². The predicted octanol–water partition coefficient (Wildman–Crippen LogP) is 9.24. The van der Waals surface area contributed by atoms with E-state index >= 15 is 0 Å². The third-order valence-corrected chi connectivity index (χ3v) is 7.19. The molecule has 0 spiro atoms. The lowest BCUT2D eigenvalue weighted by Crippen LogP contribution is -1.91. The predicted molar refractivity (Wildman–Crippen MR) is 152 cm³/mol. The Kier molecular flexibility index (Phi) is 4.72. The van der Waals surface area contributed by atoms with Crippen LogP contribution in [0.2, 0.25) is 0 Å². The molecule has 7 rings (SSSR count). The van der Waals surface area contributed by atoms with Gasteiger partial charge in [0.25, 0.3) is 0 Å². The molecule has 0 saturated heterocycles. The molecule has 6 aromatic rings. The highest BCUT2D eigenvalue weighted by Gasteiger charge is 2.17. The summed E-state index contributed by atoms with van der Waals surface area (Å²) in [6, 6.07) is 45.8. The van der Waals surface area contributed by atoms with Crippen molar-refractivity contribution in [3.8, 4) is 33.4 Å². The summed E-state index contributed by atoms with van der Waals surface area (Å²) >= 11 is 0. The van der Waals surface area contributed by atoms with Gasteiger partial charge in [-0.3, -0.25) is 4.99 Å². The Balaban J connectivity index is 1.41. The van der Waals surface area contributed by atoms with Crippen molar-refractivity contribution in [3.05, 3.63) is 127 Å². The Hall–Kier alpha value is -4.67. The quantitative estimate of drug-likeness (QED) is 0.251. The van der Waals surface area contributed by atoms with Gasteiger partial charge in [-0.15, -0.1) is 0 Å². The normalized spacial score (nSPS) is 12.4. The Morgan fingerprint density at radius 3 is 2.08 bits per heavy atom. The van der Waals surface area contributed by atoms with Crippen molar-refractivity contribution in [2.45, 2.75) is 13.3 Å². The van der Waals surface area contributed by atoms with Gasteiger partial charge in [0, 0.05) is 23.1 Å². The molecule has 168 valence electrons. The molecular formula is C35H23N. The number of nitrogens with zero attached hydrogens (tertiary/aromatic N) is 1. The first-order valence-corrected chi connectivity index (χ1v) is 12.4. The summed E-state index contributed by atoms with van der Waals surface area (Å²) in [5.41, 5.74) is 10.9. The minimum Gasteiger partial charge on any atom is -0.257 e. The third kappa shape index (κ3) is 3.31. The van der Waals surface area contributed by atoms with Gasteiger partial charge in [0.05, 0.1) is 5.69 Å². The molecule has 1 aliphatic rings. The van der Waals surface area contributed by atoms with E-state index in [1.54, 1.807) is 0 Å². The van der Waals surface area contributed by atoms with Crippen LogP contribution in [0.3, 0.4) is 0 Å². The maximum absolute atomic E-state index is 4.64. The highest BCUT2D eigenvalue weighted by Crippen LogP contribution is 2.43. The smallest absolute Gasteiger partial charge is 0.0665 e. The summed E-state index contributed by atoms with van der Waals surface area (Å²) in [6.07, 6.45) is 0.944. The molecule has 0 atom stereocenters. The molecule has 0 unspecified atom stereocenters. The average Bonchev–Trinajstić information content (AvgIpc) is 3.31. The van der Waals surface area contributed by atoms with Gasteiger partial charge in [0.2, 0.25) is 0 Å². The minimum absolute atomic E-state index is 0.944. The maximum Gasteiger partial charge on any atom is 0.0665 e. The monoisotopic (exact) mass is 457 g/mol. The van der Waals surface area contributed by atoms with Crippen LogP contribution in [0, 0.1) is 12.1 Å². The van der Waals surface area contributed by atoms with Gasteiger partial charge >= 0.3 is 0 Å². The van der Waals surface area contributed by atoms with Crippen molar-refractivity contribution in [2.24, 2.45) is 4.99 Å². The first-order chi connectivity index (χ1) is 17.8. The van der Waals surface area contributed by atoms with Crippen LogP contribution >= 0.6 is 0 Å². The zero-order chi connectivity index (χ0) is 24.1. The Morgan fingerprint density at radius 1 is 0.611 bits per heavy atom. The van der Waals surface area contributed by atoms with E-state index in [4.69, 9.17) is 0 Å². The van der Waals surface area contributed by atoms with Crippen LogP contribution in [0.25, 0.3) is 54.9 Å². The fourth-order valence-electron chi connectivity index (χ4n) is 5.58. The second-order valence-corrected chi connectivity index (χ2v) is 9.50. The zero-order valence-electron chi connectivity index (χ0n) is 20.0. The molecule has 0 amide bonds. The zero-order valence-corrected chi connectivity index (χ0v) is 20.0. The molecule has 0 saturated carbocycles. The Bertz CT molecular complexity index is 1730. The van der Waals surface area contributed by atoms with Crippen molar-refractivity contribution in [1.82, 2.24) is 0 Å². The molecule has 36 heavy (non-hydrogen) atoms. The second kappa shape index (κ2) is 8.22. The largest absolute Gasteiger partial charge is 0.257 e. The van der Waals surface area contributed by atoms with Crippen LogP contribution in [0.1, 0.15) is 12.5 Å². The Labute approximate surface area is 211 Å². The number of hydrogen-bond acceptors (Lipinski definition) is 1. The van der Waals surface area contributed by atoms with Crippen molar-refractivity contribution >= 4 is 32.9 Å². The van der Waals surface area contributed by atoms with E-state index in [9.17, 15) is 0 Å². The van der Waals surface area contributed by atoms with E-state index in [-0.39, 0.29) is 0 Å². The molecule has 1 heterocycles. The van der Waals surface area contributed by atoms with Gasteiger partial charge in [-0.2, -0.15) is 0 Å². The molecule has 1 aliphatic heterocycles. The summed E-state index contributed by atoms with van der Waals surface area (Å²) in [5, 5.41) is 4.79. The maximum atomic E-state index is 4.64. The van der Waals surface area contributed by atoms with E-state index in [1.807, 2.05) is 6.07 Å². The van der Waals surface area contributed by atoms with Gasteiger partial charge in [-0.05, 0) is 80.7 Å². The SMILES string of the molecule is CC1=Nc2ccc(-c3ccc(-c4c5c#cccc5c(-c5ccccc5)c5ccccc45)cc3)cc2C1. The van der Waals surface area contributed by atoms with Gasteiger partial charge in [-0.25, -0.2) is 0 Å². The topological polar surface area (TPSA) is 12.4 Å². The fourth-order valence-corrected chi connectivity index (χ4v) is 5.58. The van der Waals surface area contributed by atoms with E-state index < -0.39 is 0 Å². The van der Waals surface area contributed by atoms with Crippen LogP contribution in [0.5, 0.6) is 0 Å². The van der Waals surface area contributed by atoms with E-state index in [0.717, 1.165) is 17.5 Å². The standard InChI is InChI=1S/C35H23N/c1-23-21-28-22-27(19-20-33(28)36-23)24-15-17-26(18-16-24)35-31-13-7-5-11-29(31)34(25-9-3-2-4-10-25)30-12-6-8-14-32(30)35/h2-7,9-13,15-20,22H,21H2,1H3. The van der Waals surface area contributed by atoms with Crippen LogP contribution in [0.15, 0.2) is 114 Å². The highest BCUT2D eigenvalue weighted by molar-refractivity contribution is 6.21. The van der Waals surface area contributed by atoms with Crippen molar-refractivity contribution in [2.75, 3.05) is 0 Å². The van der Waals surface area contributed by atoms with Crippen molar-refractivity contribution in [1.29, 1.82) is 0 Å². The van der Waals surface area contributed by atoms with E-state index in [0.29, 0.717) is 0 Å². The van der Waals surface area contributed by atoms with Gasteiger partial charge < -0.3 is 0 Å². The minimum atomic E-state index is 0.944. The second-order valence-electron chi connectivity index (χ2n) is 9.50. The summed E-state index contributed by atoms with van der Waals surface area (Å²) in [5.74, 6) is 0. The first kappa shape index (κ1) is 20.7. The summed E-state index contributed by atoms with van der Waals surface area (Å²) < 4.78 is 0. The third-order valence-electron chi connectivity index (χ3n) is 7.19. The number of aliphatic imine (C=N–C) groups is 1.